The second-order valence-electron chi connectivity index (χ2n) is 8.14. The molecule has 4 rings (SSSR count). The molecule has 2 heterocycles. The Morgan fingerprint density at radius 3 is 2.64 bits per heavy atom. The molecule has 2 atom stereocenters. The molecule has 2 unspecified atom stereocenters. The van der Waals surface area contributed by atoms with Crippen LogP contribution in [0.25, 0.3) is 0 Å². The van der Waals surface area contributed by atoms with Crippen LogP contribution < -0.4 is 0 Å². The van der Waals surface area contributed by atoms with Crippen LogP contribution in [0.4, 0.5) is 4.39 Å². The van der Waals surface area contributed by atoms with Crippen molar-refractivity contribution < 1.29 is 13.9 Å². The normalized spacial score (nSPS) is 26.9. The predicted molar refractivity (Wildman–Crippen MR) is 107 cm³/mol. The number of halogens is 2. The molecule has 1 saturated carbocycles. The number of carbonyl (C=O) groups excluding carboxylic acids is 1. The average Bonchev–Trinajstić information content (AvgIpc) is 2.71. The fraction of sp³-hybridized carbons (Fsp3) is 0.667. The van der Waals surface area contributed by atoms with Crippen LogP contribution in [0.2, 0.25) is 5.02 Å². The lowest BCUT2D eigenvalue weighted by atomic mass is 9.90. The third-order valence-corrected chi connectivity index (χ3v) is 6.64. The molecule has 1 amide bonds. The summed E-state index contributed by atoms with van der Waals surface area (Å²) in [4.78, 5) is 19.6. The number of morpholine rings is 1. The van der Waals surface area contributed by atoms with Crippen LogP contribution >= 0.6 is 11.6 Å². The number of benzene rings is 1. The van der Waals surface area contributed by atoms with Gasteiger partial charge in [-0.3, -0.25) is 14.6 Å². The maximum Gasteiger partial charge on any atom is 0.237 e. The third-order valence-electron chi connectivity index (χ3n) is 6.29. The fourth-order valence-electron chi connectivity index (χ4n) is 4.68. The summed E-state index contributed by atoms with van der Waals surface area (Å²) in [6.07, 6.45) is 4.80. The number of hydrogen-bond donors (Lipinski definition) is 0. The summed E-state index contributed by atoms with van der Waals surface area (Å²) in [5.74, 6) is -0.0596. The summed E-state index contributed by atoms with van der Waals surface area (Å²) in [5.41, 5.74) is 0.948. The van der Waals surface area contributed by atoms with E-state index in [9.17, 15) is 9.18 Å². The van der Waals surface area contributed by atoms with Crippen LogP contribution in [0.15, 0.2) is 18.2 Å². The molecule has 1 aromatic rings. The van der Waals surface area contributed by atoms with Crippen LogP contribution in [-0.4, -0.2) is 78.6 Å². The molecule has 3 aliphatic rings. The van der Waals surface area contributed by atoms with Crippen molar-refractivity contribution in [2.24, 2.45) is 0 Å². The Morgan fingerprint density at radius 1 is 1.11 bits per heavy atom. The highest BCUT2D eigenvalue weighted by Gasteiger charge is 2.37. The van der Waals surface area contributed by atoms with Crippen LogP contribution in [0, 0.1) is 5.82 Å². The van der Waals surface area contributed by atoms with E-state index in [0.29, 0.717) is 24.7 Å². The summed E-state index contributed by atoms with van der Waals surface area (Å²) in [6.45, 7) is 6.10. The van der Waals surface area contributed by atoms with Crippen molar-refractivity contribution >= 4 is 17.5 Å². The summed E-state index contributed by atoms with van der Waals surface area (Å²) in [5, 5.41) is 0.479. The average molecular weight is 410 g/mol. The SMILES string of the molecule is O=C(CN1CCN(Cc2ccc(F)cc2Cl)CC1)N1CCOC2CCCCC21. The van der Waals surface area contributed by atoms with Gasteiger partial charge in [-0.2, -0.15) is 0 Å². The smallest absolute Gasteiger partial charge is 0.237 e. The first-order valence-corrected chi connectivity index (χ1v) is 10.8. The first-order valence-electron chi connectivity index (χ1n) is 10.4. The number of ether oxygens (including phenoxy) is 1. The van der Waals surface area contributed by atoms with Gasteiger partial charge in [0.25, 0.3) is 0 Å². The first-order chi connectivity index (χ1) is 13.6. The van der Waals surface area contributed by atoms with Gasteiger partial charge in [0.2, 0.25) is 5.91 Å². The molecule has 154 valence electrons. The topological polar surface area (TPSA) is 36.0 Å². The van der Waals surface area contributed by atoms with Gasteiger partial charge < -0.3 is 9.64 Å². The minimum atomic E-state index is -0.305. The number of hydrogen-bond acceptors (Lipinski definition) is 4. The number of amides is 1. The molecule has 1 aromatic carbocycles. The minimum Gasteiger partial charge on any atom is -0.374 e. The third kappa shape index (κ3) is 4.67. The van der Waals surface area contributed by atoms with Crippen molar-refractivity contribution in [3.8, 4) is 0 Å². The lowest BCUT2D eigenvalue weighted by molar-refractivity contribution is -0.151. The van der Waals surface area contributed by atoms with Crippen molar-refractivity contribution in [3.05, 3.63) is 34.6 Å². The highest BCUT2D eigenvalue weighted by molar-refractivity contribution is 6.31. The van der Waals surface area contributed by atoms with Crippen LogP contribution in [0.5, 0.6) is 0 Å². The Morgan fingerprint density at radius 2 is 1.86 bits per heavy atom. The minimum absolute atomic E-state index is 0.240. The Hall–Kier alpha value is -1.21. The first kappa shape index (κ1) is 20.1. The van der Waals surface area contributed by atoms with Gasteiger partial charge in [0.05, 0.1) is 25.3 Å². The van der Waals surface area contributed by atoms with E-state index in [2.05, 4.69) is 14.7 Å². The summed E-state index contributed by atoms with van der Waals surface area (Å²) < 4.78 is 19.1. The lowest BCUT2D eigenvalue weighted by Crippen LogP contribution is -2.57. The van der Waals surface area contributed by atoms with Crippen LogP contribution in [0.1, 0.15) is 31.2 Å². The Kier molecular flexibility index (Phi) is 6.51. The molecule has 3 fully saturated rings. The summed E-state index contributed by atoms with van der Waals surface area (Å²) in [7, 11) is 0. The summed E-state index contributed by atoms with van der Waals surface area (Å²) >= 11 is 6.15. The molecule has 0 spiro atoms. The van der Waals surface area contributed by atoms with Gasteiger partial charge in [0, 0.05) is 44.3 Å². The zero-order valence-corrected chi connectivity index (χ0v) is 17.0. The van der Waals surface area contributed by atoms with Crippen LogP contribution in [0.3, 0.4) is 0 Å². The molecular formula is C21H29ClFN3O2. The molecule has 0 N–H and O–H groups in total. The van der Waals surface area contributed by atoms with Gasteiger partial charge in [-0.05, 0) is 30.5 Å². The highest BCUT2D eigenvalue weighted by Crippen LogP contribution is 2.28. The number of piperazine rings is 1. The maximum absolute atomic E-state index is 13.2. The quantitative estimate of drug-likeness (QED) is 0.766. The highest BCUT2D eigenvalue weighted by atomic mass is 35.5. The molecule has 1 aliphatic carbocycles. The molecule has 2 aliphatic heterocycles. The van der Waals surface area contributed by atoms with Crippen molar-refractivity contribution in [3.63, 3.8) is 0 Å². The van der Waals surface area contributed by atoms with Crippen molar-refractivity contribution in [2.45, 2.75) is 44.4 Å². The van der Waals surface area contributed by atoms with Gasteiger partial charge in [0.1, 0.15) is 5.82 Å². The van der Waals surface area contributed by atoms with E-state index in [1.165, 1.54) is 25.0 Å². The second kappa shape index (κ2) is 9.08. The van der Waals surface area contributed by atoms with Crippen molar-refractivity contribution in [2.75, 3.05) is 45.9 Å². The van der Waals surface area contributed by atoms with Gasteiger partial charge in [-0.25, -0.2) is 4.39 Å². The molecule has 2 saturated heterocycles. The van der Waals surface area contributed by atoms with Gasteiger partial charge in [-0.15, -0.1) is 0 Å². The number of carbonyl (C=O) groups is 1. The number of fused-ring (bicyclic) bond motifs is 1. The van der Waals surface area contributed by atoms with Crippen LogP contribution in [-0.2, 0) is 16.1 Å². The van der Waals surface area contributed by atoms with Gasteiger partial charge >= 0.3 is 0 Å². The van der Waals surface area contributed by atoms with E-state index in [0.717, 1.165) is 51.1 Å². The largest absolute Gasteiger partial charge is 0.374 e. The second-order valence-corrected chi connectivity index (χ2v) is 8.54. The zero-order valence-electron chi connectivity index (χ0n) is 16.3. The van der Waals surface area contributed by atoms with E-state index in [-0.39, 0.29) is 23.9 Å². The molecule has 0 bridgehead atoms. The monoisotopic (exact) mass is 409 g/mol. The number of rotatable bonds is 4. The zero-order chi connectivity index (χ0) is 19.5. The Labute approximate surface area is 171 Å². The van der Waals surface area contributed by atoms with E-state index in [1.54, 1.807) is 6.07 Å². The predicted octanol–water partition coefficient (Wildman–Crippen LogP) is 2.77. The van der Waals surface area contributed by atoms with E-state index >= 15 is 0 Å². The molecule has 0 radical (unpaired) electrons. The summed E-state index contributed by atoms with van der Waals surface area (Å²) in [6, 6.07) is 4.85. The molecule has 7 heteroatoms. The fourth-order valence-corrected chi connectivity index (χ4v) is 4.91. The Bertz CT molecular complexity index is 694. The maximum atomic E-state index is 13.2. The van der Waals surface area contributed by atoms with Crippen molar-refractivity contribution in [1.82, 2.24) is 14.7 Å². The van der Waals surface area contributed by atoms with E-state index < -0.39 is 0 Å². The van der Waals surface area contributed by atoms with E-state index in [1.807, 2.05) is 0 Å². The molecule has 28 heavy (non-hydrogen) atoms. The standard InChI is InChI=1S/C21H29ClFN3O2/c22-18-13-17(23)6-5-16(18)14-24-7-9-25(10-8-24)15-21(27)26-11-12-28-20-4-2-1-3-19(20)26/h5-6,13,19-20H,1-4,7-12,14-15H2. The number of nitrogens with zero attached hydrogens (tertiary/aromatic N) is 3. The van der Waals surface area contributed by atoms with Gasteiger partial charge in [0.15, 0.2) is 0 Å². The lowest BCUT2D eigenvalue weighted by Gasteiger charge is -2.44. The molecule has 5 nitrogen and oxygen atoms in total. The van der Waals surface area contributed by atoms with Gasteiger partial charge in [-0.1, -0.05) is 30.5 Å². The molecule has 0 aromatic heterocycles. The van der Waals surface area contributed by atoms with E-state index in [4.69, 9.17) is 16.3 Å². The molecular weight excluding hydrogens is 381 g/mol. The van der Waals surface area contributed by atoms with Crippen molar-refractivity contribution in [1.29, 1.82) is 0 Å². The Balaban J connectivity index is 1.26.